The molecule has 0 aliphatic carbocycles. The van der Waals surface area contributed by atoms with Gasteiger partial charge in [-0.25, -0.2) is 0 Å². The number of hydrogen-bond donors (Lipinski definition) is 2. The van der Waals surface area contributed by atoms with Crippen LogP contribution in [0.15, 0.2) is 85.1 Å². The summed E-state index contributed by atoms with van der Waals surface area (Å²) in [6, 6.07) is -0.903. The van der Waals surface area contributed by atoms with Gasteiger partial charge in [-0.05, 0) is 77.0 Å². The number of allylic oxidation sites excluding steroid dienone is 13. The van der Waals surface area contributed by atoms with E-state index in [2.05, 4.69) is 92.1 Å². The van der Waals surface area contributed by atoms with E-state index in [1.54, 1.807) is 6.08 Å². The number of likely N-dealkylation sites (N-methyl/N-ethyl adjacent to an activating group) is 1. The van der Waals surface area contributed by atoms with Gasteiger partial charge in [-0.1, -0.05) is 285 Å². The van der Waals surface area contributed by atoms with Gasteiger partial charge in [0.25, 0.3) is 7.82 Å². The minimum Gasteiger partial charge on any atom is -0.756 e. The number of nitrogens with one attached hydrogen (secondary N) is 1. The van der Waals surface area contributed by atoms with Crippen molar-refractivity contribution in [1.29, 1.82) is 0 Å². The molecule has 0 saturated carbocycles. The van der Waals surface area contributed by atoms with Gasteiger partial charge in [0.1, 0.15) is 13.2 Å². The molecule has 0 bridgehead atoms. The summed E-state index contributed by atoms with van der Waals surface area (Å²) in [4.78, 5) is 25.5. The largest absolute Gasteiger partial charge is 0.756 e. The molecule has 2 N–H and O–H groups in total. The fraction of sp³-hybridized carbons (Fsp3) is 0.776. The van der Waals surface area contributed by atoms with Gasteiger partial charge in [0.05, 0.1) is 39.9 Å². The van der Waals surface area contributed by atoms with Gasteiger partial charge in [-0.2, -0.15) is 0 Å². The number of aliphatic hydroxyl groups is 1. The van der Waals surface area contributed by atoms with Crippen LogP contribution in [0.1, 0.15) is 284 Å². The number of phosphoric acid groups is 1. The van der Waals surface area contributed by atoms with Crippen LogP contribution in [0, 0.1) is 0 Å². The number of hydrogen-bond acceptors (Lipinski definition) is 6. The molecular formula is C67H123N2O6P. The van der Waals surface area contributed by atoms with Crippen molar-refractivity contribution in [3.63, 3.8) is 0 Å². The Labute approximate surface area is 471 Å². The minimum absolute atomic E-state index is 0.00678. The van der Waals surface area contributed by atoms with E-state index in [1.807, 2.05) is 27.2 Å². The molecule has 442 valence electrons. The van der Waals surface area contributed by atoms with E-state index in [0.29, 0.717) is 17.4 Å². The molecular weight excluding hydrogens is 960 g/mol. The highest BCUT2D eigenvalue weighted by Gasteiger charge is 2.23. The molecule has 0 aromatic rings. The normalized spacial score (nSPS) is 14.4. The predicted molar refractivity (Wildman–Crippen MR) is 330 cm³/mol. The average molecular weight is 1080 g/mol. The summed E-state index contributed by atoms with van der Waals surface area (Å²) in [6.07, 6.45) is 81.4. The Morgan fingerprint density at radius 3 is 1.22 bits per heavy atom. The van der Waals surface area contributed by atoms with Crippen LogP contribution in [0.2, 0.25) is 0 Å². The highest BCUT2D eigenvalue weighted by molar-refractivity contribution is 7.45. The number of amides is 1. The zero-order valence-electron chi connectivity index (χ0n) is 50.4. The Balaban J connectivity index is 3.88. The van der Waals surface area contributed by atoms with Crippen LogP contribution in [0.3, 0.4) is 0 Å². The van der Waals surface area contributed by atoms with Crippen LogP contribution in [-0.4, -0.2) is 68.5 Å². The summed E-state index contributed by atoms with van der Waals surface area (Å²) in [5.74, 6) is -0.205. The number of carbonyl (C=O) groups excluding carboxylic acids is 1. The molecule has 8 nitrogen and oxygen atoms in total. The summed E-state index contributed by atoms with van der Waals surface area (Å²) in [5, 5.41) is 13.8. The molecule has 0 heterocycles. The van der Waals surface area contributed by atoms with Gasteiger partial charge >= 0.3 is 0 Å². The third-order valence-electron chi connectivity index (χ3n) is 14.1. The van der Waals surface area contributed by atoms with E-state index in [-0.39, 0.29) is 12.5 Å². The Hall–Kier alpha value is -2.32. The smallest absolute Gasteiger partial charge is 0.268 e. The van der Waals surface area contributed by atoms with Gasteiger partial charge in [0.2, 0.25) is 5.91 Å². The van der Waals surface area contributed by atoms with Crippen LogP contribution in [-0.2, 0) is 18.4 Å². The number of unbranched alkanes of at least 4 members (excludes halogenated alkanes) is 33. The van der Waals surface area contributed by atoms with E-state index in [9.17, 15) is 19.4 Å². The third kappa shape index (κ3) is 59.3. The molecule has 0 aliphatic heterocycles. The molecule has 0 aliphatic rings. The highest BCUT2D eigenvalue weighted by Crippen LogP contribution is 2.38. The first-order valence-electron chi connectivity index (χ1n) is 31.9. The van der Waals surface area contributed by atoms with Crippen LogP contribution < -0.4 is 10.2 Å². The average Bonchev–Trinajstić information content (AvgIpc) is 3.38. The summed E-state index contributed by atoms with van der Waals surface area (Å²) < 4.78 is 23.3. The molecule has 9 heteroatoms. The van der Waals surface area contributed by atoms with Crippen LogP contribution >= 0.6 is 7.82 Å². The van der Waals surface area contributed by atoms with Crippen molar-refractivity contribution in [3.8, 4) is 0 Å². The summed E-state index contributed by atoms with van der Waals surface area (Å²) in [6.45, 7) is 4.51. The second-order valence-corrected chi connectivity index (χ2v) is 24.1. The number of rotatable bonds is 58. The van der Waals surface area contributed by atoms with E-state index in [0.717, 1.165) is 70.6 Å². The summed E-state index contributed by atoms with van der Waals surface area (Å²) >= 11 is 0. The SMILES string of the molecule is CC/C=C\C/C=C\C/C=C\C/C=C\C/C=C\CCCCCCCCCCCCCCCCCCCCCCCCCCCC(=O)NC(COP(=O)([O-])OCC[N+](C)(C)C)C(O)/C=C/CC/C=C/CCCCCCCCC. The monoisotopic (exact) mass is 1080 g/mol. The highest BCUT2D eigenvalue weighted by atomic mass is 31.2. The quantitative estimate of drug-likeness (QED) is 0.0272. The molecule has 3 unspecified atom stereocenters. The first kappa shape index (κ1) is 73.7. The number of carbonyl (C=O) groups is 1. The lowest BCUT2D eigenvalue weighted by Crippen LogP contribution is -2.45. The van der Waals surface area contributed by atoms with Gasteiger partial charge in [-0.3, -0.25) is 9.36 Å². The topological polar surface area (TPSA) is 108 Å². The fourth-order valence-electron chi connectivity index (χ4n) is 9.14. The van der Waals surface area contributed by atoms with Crippen LogP contribution in [0.5, 0.6) is 0 Å². The van der Waals surface area contributed by atoms with E-state index in [1.165, 1.54) is 193 Å². The van der Waals surface area contributed by atoms with Crippen molar-refractivity contribution in [2.45, 2.75) is 296 Å². The maximum atomic E-state index is 13.0. The number of quaternary nitrogens is 1. The van der Waals surface area contributed by atoms with Crippen molar-refractivity contribution in [1.82, 2.24) is 5.32 Å². The van der Waals surface area contributed by atoms with Gasteiger partial charge in [-0.15, -0.1) is 0 Å². The summed E-state index contributed by atoms with van der Waals surface area (Å²) in [5.41, 5.74) is 0. The minimum atomic E-state index is -4.60. The lowest BCUT2D eigenvalue weighted by molar-refractivity contribution is -0.870. The van der Waals surface area contributed by atoms with Crippen molar-refractivity contribution in [2.24, 2.45) is 0 Å². The van der Waals surface area contributed by atoms with E-state index in [4.69, 9.17) is 9.05 Å². The molecule has 0 aromatic heterocycles. The van der Waals surface area contributed by atoms with Crippen molar-refractivity contribution in [2.75, 3.05) is 40.9 Å². The molecule has 1 amide bonds. The molecule has 0 rings (SSSR count). The van der Waals surface area contributed by atoms with Crippen LogP contribution in [0.4, 0.5) is 0 Å². The number of nitrogens with zero attached hydrogens (tertiary/aromatic N) is 1. The molecule has 0 spiro atoms. The Morgan fingerprint density at radius 2 is 0.816 bits per heavy atom. The maximum absolute atomic E-state index is 13.0. The van der Waals surface area contributed by atoms with Gasteiger partial charge < -0.3 is 28.8 Å². The molecule has 0 saturated heterocycles. The lowest BCUT2D eigenvalue weighted by atomic mass is 10.0. The molecule has 76 heavy (non-hydrogen) atoms. The lowest BCUT2D eigenvalue weighted by Gasteiger charge is -2.29. The molecule has 0 radical (unpaired) electrons. The van der Waals surface area contributed by atoms with Gasteiger partial charge in [0, 0.05) is 6.42 Å². The van der Waals surface area contributed by atoms with E-state index < -0.39 is 26.6 Å². The molecule has 0 fully saturated rings. The Bertz CT molecular complexity index is 1510. The van der Waals surface area contributed by atoms with Crippen LogP contribution in [0.25, 0.3) is 0 Å². The zero-order chi connectivity index (χ0) is 55.6. The fourth-order valence-corrected chi connectivity index (χ4v) is 9.86. The molecule has 0 aromatic carbocycles. The maximum Gasteiger partial charge on any atom is 0.268 e. The van der Waals surface area contributed by atoms with Crippen molar-refractivity contribution < 1.29 is 32.9 Å². The Morgan fingerprint density at radius 1 is 0.474 bits per heavy atom. The van der Waals surface area contributed by atoms with E-state index >= 15 is 0 Å². The Kier molecular flexibility index (Phi) is 55.6. The number of phosphoric ester groups is 1. The van der Waals surface area contributed by atoms with Gasteiger partial charge in [0.15, 0.2) is 0 Å². The standard InChI is InChI=1S/C67H123N2O6P/c1-6-8-10-12-14-16-18-20-21-22-23-24-25-26-27-28-29-30-31-32-33-34-35-36-37-38-39-40-41-42-43-44-45-46-47-49-51-53-55-57-59-61-67(71)68-65(64-75-76(72,73)74-63-62-69(3,4)5)66(70)60-58-56-54-52-50-48-19-17-15-13-11-9-7-2/h8,10,14,16,20-21,23-24,26-27,50,52,58,60,65-66,70H,6-7,9,11-13,15,17-19,22,25,28-49,51,53-57,59,61-64H2,1-5H3,(H-,68,71,72,73)/b10-8-,16-14-,21-20-,24-23-,27-26-,52-50+,60-58+. The van der Waals surface area contributed by atoms with Crippen molar-refractivity contribution in [3.05, 3.63) is 85.1 Å². The predicted octanol–water partition coefficient (Wildman–Crippen LogP) is 19.4. The second-order valence-electron chi connectivity index (χ2n) is 22.7. The third-order valence-corrected chi connectivity index (χ3v) is 15.1. The van der Waals surface area contributed by atoms with Crippen molar-refractivity contribution >= 4 is 13.7 Å². The first-order chi connectivity index (χ1) is 37.0. The zero-order valence-corrected chi connectivity index (χ0v) is 51.3. The first-order valence-corrected chi connectivity index (χ1v) is 33.4. The number of aliphatic hydroxyl groups excluding tert-OH is 1. The second kappa shape index (κ2) is 57.4. The molecule has 3 atom stereocenters. The summed E-state index contributed by atoms with van der Waals surface area (Å²) in [7, 11) is 1.25.